The lowest BCUT2D eigenvalue weighted by Gasteiger charge is -2.39. The second kappa shape index (κ2) is 11.9. The highest BCUT2D eigenvalue weighted by Crippen LogP contribution is 2.31. The van der Waals surface area contributed by atoms with Crippen LogP contribution in [0.2, 0.25) is 5.02 Å². The molecule has 0 radical (unpaired) electrons. The maximum Gasteiger partial charge on any atom is 0.257 e. The number of hydrogen-bond acceptors (Lipinski definition) is 6. The zero-order valence-electron chi connectivity index (χ0n) is 21.6. The molecule has 8 nitrogen and oxygen atoms in total. The number of rotatable bonds is 8. The monoisotopic (exact) mass is 530 g/mol. The number of aliphatic imine (C=N–C) groups is 1. The highest BCUT2D eigenvalue weighted by molar-refractivity contribution is 6.34. The number of allylic oxidation sites excluding steroid dienone is 1. The van der Waals surface area contributed by atoms with Gasteiger partial charge in [0.15, 0.2) is 0 Å². The average molecular weight is 531 g/mol. The molecule has 0 spiro atoms. The zero-order valence-corrected chi connectivity index (χ0v) is 22.4. The molecule has 2 aromatic carbocycles. The van der Waals surface area contributed by atoms with E-state index in [2.05, 4.69) is 32.7 Å². The summed E-state index contributed by atoms with van der Waals surface area (Å²) in [4.78, 5) is 36.0. The van der Waals surface area contributed by atoms with E-state index in [0.717, 1.165) is 16.7 Å². The summed E-state index contributed by atoms with van der Waals surface area (Å²) in [5.74, 6) is 0.480. The lowest BCUT2D eigenvalue weighted by Crippen LogP contribution is -2.48. The van der Waals surface area contributed by atoms with Crippen LogP contribution < -0.4 is 16.4 Å². The van der Waals surface area contributed by atoms with Crippen LogP contribution in [0, 0.1) is 0 Å². The Morgan fingerprint density at radius 3 is 2.37 bits per heavy atom. The van der Waals surface area contributed by atoms with E-state index < -0.39 is 0 Å². The molecule has 0 atom stereocenters. The van der Waals surface area contributed by atoms with E-state index in [1.165, 1.54) is 12.4 Å². The molecule has 0 unspecified atom stereocenters. The van der Waals surface area contributed by atoms with Crippen LogP contribution in [0.15, 0.2) is 72.0 Å². The number of amides is 2. The van der Waals surface area contributed by atoms with Gasteiger partial charge in [0, 0.05) is 61.8 Å². The SMILES string of the molecule is CN=CC(=CN)c1ccc(C2CN(C(=O)c3ccc(Cl)c(NC(=O)c4ccc(NC(C)C)nc4)c3)C2)cc1. The van der Waals surface area contributed by atoms with Gasteiger partial charge in [-0.05, 0) is 55.3 Å². The summed E-state index contributed by atoms with van der Waals surface area (Å²) in [6.45, 7) is 5.24. The highest BCUT2D eigenvalue weighted by atomic mass is 35.5. The molecule has 4 rings (SSSR count). The van der Waals surface area contributed by atoms with Crippen molar-refractivity contribution in [2.24, 2.45) is 10.7 Å². The molecule has 0 saturated carbocycles. The summed E-state index contributed by atoms with van der Waals surface area (Å²) < 4.78 is 0. The third kappa shape index (κ3) is 6.20. The Balaban J connectivity index is 1.38. The lowest BCUT2D eigenvalue weighted by molar-refractivity contribution is 0.0602. The predicted octanol–water partition coefficient (Wildman–Crippen LogP) is 5.05. The Bertz CT molecular complexity index is 1360. The number of pyridine rings is 1. The maximum atomic E-state index is 13.1. The van der Waals surface area contributed by atoms with Gasteiger partial charge < -0.3 is 21.3 Å². The number of nitrogens with one attached hydrogen (secondary N) is 2. The number of nitrogens with zero attached hydrogens (tertiary/aromatic N) is 3. The van der Waals surface area contributed by atoms with E-state index in [-0.39, 0.29) is 23.8 Å². The number of carbonyl (C=O) groups excluding carboxylic acids is 2. The molecule has 9 heteroatoms. The fourth-order valence-electron chi connectivity index (χ4n) is 4.20. The van der Waals surface area contributed by atoms with Gasteiger partial charge in [0.25, 0.3) is 11.8 Å². The predicted molar refractivity (Wildman–Crippen MR) is 154 cm³/mol. The summed E-state index contributed by atoms with van der Waals surface area (Å²) in [5.41, 5.74) is 9.92. The molecule has 1 fully saturated rings. The molecule has 1 aliphatic heterocycles. The van der Waals surface area contributed by atoms with Gasteiger partial charge in [0.2, 0.25) is 0 Å². The number of benzene rings is 2. The molecule has 0 bridgehead atoms. The van der Waals surface area contributed by atoms with Gasteiger partial charge in [0.1, 0.15) is 5.82 Å². The molecular weight excluding hydrogens is 500 g/mol. The molecule has 2 heterocycles. The fourth-order valence-corrected chi connectivity index (χ4v) is 4.36. The van der Waals surface area contributed by atoms with Gasteiger partial charge in [-0.2, -0.15) is 0 Å². The first kappa shape index (κ1) is 26.9. The van der Waals surface area contributed by atoms with Crippen molar-refractivity contribution in [2.75, 3.05) is 30.8 Å². The Morgan fingerprint density at radius 2 is 1.76 bits per heavy atom. The van der Waals surface area contributed by atoms with Crippen molar-refractivity contribution in [3.63, 3.8) is 0 Å². The minimum Gasteiger partial charge on any atom is -0.404 e. The van der Waals surface area contributed by atoms with Gasteiger partial charge in [-0.15, -0.1) is 0 Å². The van der Waals surface area contributed by atoms with E-state index in [4.69, 9.17) is 17.3 Å². The first-order chi connectivity index (χ1) is 18.3. The Kier molecular flexibility index (Phi) is 8.43. The number of anilines is 2. The zero-order chi connectivity index (χ0) is 27.2. The van der Waals surface area contributed by atoms with Gasteiger partial charge in [-0.25, -0.2) is 4.98 Å². The topological polar surface area (TPSA) is 113 Å². The molecule has 0 aliphatic carbocycles. The molecular formula is C29H31ClN6O2. The van der Waals surface area contributed by atoms with Crippen LogP contribution >= 0.6 is 11.6 Å². The Morgan fingerprint density at radius 1 is 1.08 bits per heavy atom. The number of aromatic nitrogens is 1. The number of nitrogens with two attached hydrogens (primary N) is 1. The van der Waals surface area contributed by atoms with Gasteiger partial charge >= 0.3 is 0 Å². The summed E-state index contributed by atoms with van der Waals surface area (Å²) in [7, 11) is 1.71. The van der Waals surface area contributed by atoms with Crippen LogP contribution in [0.25, 0.3) is 5.57 Å². The fraction of sp³-hybridized carbons (Fsp3) is 0.241. The van der Waals surface area contributed by atoms with Crippen LogP contribution in [0.4, 0.5) is 11.5 Å². The van der Waals surface area contributed by atoms with Gasteiger partial charge in [-0.1, -0.05) is 35.9 Å². The van der Waals surface area contributed by atoms with E-state index in [1.807, 2.05) is 26.0 Å². The molecule has 38 heavy (non-hydrogen) atoms. The third-order valence-corrected chi connectivity index (χ3v) is 6.59. The highest BCUT2D eigenvalue weighted by Gasteiger charge is 2.32. The summed E-state index contributed by atoms with van der Waals surface area (Å²) in [6.07, 6.45) is 4.76. The van der Waals surface area contributed by atoms with Crippen molar-refractivity contribution in [2.45, 2.75) is 25.8 Å². The smallest absolute Gasteiger partial charge is 0.257 e. The van der Waals surface area contributed by atoms with Crippen molar-refractivity contribution >= 4 is 46.7 Å². The maximum absolute atomic E-state index is 13.1. The Labute approximate surface area is 227 Å². The molecule has 2 amide bonds. The summed E-state index contributed by atoms with van der Waals surface area (Å²) in [5, 5.41) is 6.32. The van der Waals surface area contributed by atoms with Crippen molar-refractivity contribution in [1.82, 2.24) is 9.88 Å². The van der Waals surface area contributed by atoms with E-state index in [9.17, 15) is 9.59 Å². The summed E-state index contributed by atoms with van der Waals surface area (Å²) >= 11 is 6.33. The molecule has 1 aromatic heterocycles. The normalized spacial score (nSPS) is 14.0. The van der Waals surface area contributed by atoms with Crippen LogP contribution in [0.3, 0.4) is 0 Å². The second-order valence-corrected chi connectivity index (χ2v) is 9.83. The standard InChI is InChI=1S/C29H31ClN6O2/c1-18(2)34-27-11-9-22(15-33-27)28(37)35-26-12-21(8-10-25(26)30)29(38)36-16-24(17-36)20-6-4-19(5-7-20)23(13-31)14-32-3/h4-15,18,24H,16-17,31H2,1-3H3,(H,33,34)(H,35,37). The van der Waals surface area contributed by atoms with Crippen molar-refractivity contribution in [3.8, 4) is 0 Å². The molecule has 196 valence electrons. The number of hydrogen-bond donors (Lipinski definition) is 3. The largest absolute Gasteiger partial charge is 0.404 e. The molecule has 3 aromatic rings. The minimum absolute atomic E-state index is 0.108. The first-order valence-electron chi connectivity index (χ1n) is 12.4. The van der Waals surface area contributed by atoms with E-state index in [1.54, 1.807) is 48.5 Å². The van der Waals surface area contributed by atoms with Crippen LogP contribution in [-0.4, -0.2) is 54.1 Å². The van der Waals surface area contributed by atoms with Gasteiger partial charge in [-0.3, -0.25) is 14.6 Å². The summed E-state index contributed by atoms with van der Waals surface area (Å²) in [6, 6.07) is 16.7. The van der Waals surface area contributed by atoms with Crippen molar-refractivity contribution in [3.05, 3.63) is 94.3 Å². The van der Waals surface area contributed by atoms with E-state index >= 15 is 0 Å². The molecule has 1 aliphatic rings. The Hall–Kier alpha value is -4.17. The van der Waals surface area contributed by atoms with Crippen LogP contribution in [0.1, 0.15) is 51.6 Å². The average Bonchev–Trinajstić information content (AvgIpc) is 2.88. The van der Waals surface area contributed by atoms with Crippen LogP contribution in [0.5, 0.6) is 0 Å². The quantitative estimate of drug-likeness (QED) is 0.353. The lowest BCUT2D eigenvalue weighted by atomic mass is 9.89. The number of carbonyl (C=O) groups is 2. The minimum atomic E-state index is -0.356. The van der Waals surface area contributed by atoms with Crippen molar-refractivity contribution < 1.29 is 9.59 Å². The van der Waals surface area contributed by atoms with Crippen molar-refractivity contribution in [1.29, 1.82) is 0 Å². The molecule has 4 N–H and O–H groups in total. The number of halogens is 1. The number of likely N-dealkylation sites (tertiary alicyclic amines) is 1. The second-order valence-electron chi connectivity index (χ2n) is 9.42. The first-order valence-corrected chi connectivity index (χ1v) is 12.7. The van der Waals surface area contributed by atoms with Gasteiger partial charge in [0.05, 0.1) is 16.3 Å². The third-order valence-electron chi connectivity index (χ3n) is 6.26. The van der Waals surface area contributed by atoms with Crippen LogP contribution in [-0.2, 0) is 0 Å². The van der Waals surface area contributed by atoms with E-state index in [0.29, 0.717) is 40.7 Å². The molecule has 1 saturated heterocycles.